The average molecular weight is 959 g/mol. The van der Waals surface area contributed by atoms with Crippen LogP contribution >= 0.6 is 0 Å². The zero-order chi connectivity index (χ0) is 50.9. The summed E-state index contributed by atoms with van der Waals surface area (Å²) in [5.41, 5.74) is 2.40. The Morgan fingerprint density at radius 1 is 0.343 bits per heavy atom. The Bertz CT molecular complexity index is 2180. The molecule has 5 aromatic rings. The lowest BCUT2D eigenvalue weighted by atomic mass is 10.0. The molecule has 0 bridgehead atoms. The molecule has 0 atom stereocenters. The first kappa shape index (κ1) is 57.2. The van der Waals surface area contributed by atoms with Crippen LogP contribution in [0.15, 0.2) is 133 Å². The minimum Gasteiger partial charge on any atom is -0.478 e. The summed E-state index contributed by atoms with van der Waals surface area (Å²) in [7, 11) is 0. The molecule has 0 aliphatic rings. The Kier molecular flexibility index (Phi) is 27.3. The maximum atomic E-state index is 12.4. The van der Waals surface area contributed by atoms with Crippen molar-refractivity contribution in [3.63, 3.8) is 0 Å². The van der Waals surface area contributed by atoms with E-state index in [4.69, 9.17) is 29.2 Å². The van der Waals surface area contributed by atoms with Crippen LogP contribution < -0.4 is 0 Å². The molecule has 5 aromatic carbocycles. The Hall–Kier alpha value is -7.08. The number of benzene rings is 5. The van der Waals surface area contributed by atoms with Crippen LogP contribution in [-0.2, 0) is 32.2 Å². The number of carboxylic acid groups (broad SMARTS) is 2. The van der Waals surface area contributed by atoms with Gasteiger partial charge in [0.2, 0.25) is 0 Å². The Balaban J connectivity index is 0.000000301. The minimum absolute atomic E-state index is 0.167. The SMILES string of the molecule is CC(C)CCCCCCCOC(=O)c1ccccc1C(=O)OCc1ccccc1.CC(C)CCCCCCCOC(=O)c1ccccc1C(=O)OCc1ccccc1.O=C(O)c1ccccc1C(=O)O. The van der Waals surface area contributed by atoms with Gasteiger partial charge in [-0.3, -0.25) is 0 Å². The number of esters is 4. The number of hydrogen-bond donors (Lipinski definition) is 2. The number of carbonyl (C=O) groups excluding carboxylic acids is 4. The van der Waals surface area contributed by atoms with Crippen LogP contribution in [0.1, 0.15) is 178 Å². The third-order valence-corrected chi connectivity index (χ3v) is 10.9. The molecule has 12 heteroatoms. The number of rotatable bonds is 26. The number of carbonyl (C=O) groups is 6. The average Bonchev–Trinajstić information content (AvgIpc) is 3.37. The predicted octanol–water partition coefficient (Wildman–Crippen LogP) is 13.5. The van der Waals surface area contributed by atoms with Gasteiger partial charge < -0.3 is 29.2 Å². The largest absolute Gasteiger partial charge is 0.478 e. The smallest absolute Gasteiger partial charge is 0.339 e. The van der Waals surface area contributed by atoms with E-state index in [0.29, 0.717) is 13.2 Å². The van der Waals surface area contributed by atoms with Gasteiger partial charge in [0, 0.05) is 0 Å². The van der Waals surface area contributed by atoms with Crippen LogP contribution in [0, 0.1) is 11.8 Å². The van der Waals surface area contributed by atoms with E-state index in [0.717, 1.165) is 61.5 Å². The Labute approximate surface area is 413 Å². The molecule has 0 aromatic heterocycles. The normalized spacial score (nSPS) is 10.5. The summed E-state index contributed by atoms with van der Waals surface area (Å²) in [6, 6.07) is 37.7. The molecule has 5 rings (SSSR count). The molecular weight excluding hydrogens is 889 g/mol. The fraction of sp³-hybridized carbons (Fsp3) is 0.379. The summed E-state index contributed by atoms with van der Waals surface area (Å²) in [6.45, 7) is 10.1. The molecule has 12 nitrogen and oxygen atoms in total. The highest BCUT2D eigenvalue weighted by Gasteiger charge is 2.21. The lowest BCUT2D eigenvalue weighted by molar-refractivity contribution is 0.0436. The second-order valence-corrected chi connectivity index (χ2v) is 17.5. The van der Waals surface area contributed by atoms with Crippen LogP contribution in [0.3, 0.4) is 0 Å². The molecule has 374 valence electrons. The standard InChI is InChI=1S/2C25H32O4.C8H6O4/c2*1-20(2)13-7-4-3-5-12-18-28-24(26)22-16-10-11-17-23(22)25(27)29-19-21-14-8-6-9-15-21;9-7(10)5-3-1-2-4-6(5)8(11)12/h2*6,8-11,14-17,20H,3-5,7,12-13,18-19H2,1-2H3;1-4H,(H,9,10)(H,11,12). The van der Waals surface area contributed by atoms with Crippen LogP contribution in [0.25, 0.3) is 0 Å². The van der Waals surface area contributed by atoms with Crippen LogP contribution in [0.2, 0.25) is 0 Å². The van der Waals surface area contributed by atoms with Crippen molar-refractivity contribution >= 4 is 35.8 Å². The van der Waals surface area contributed by atoms with Crippen LogP contribution in [-0.4, -0.2) is 59.2 Å². The van der Waals surface area contributed by atoms with Crippen LogP contribution in [0.5, 0.6) is 0 Å². The summed E-state index contributed by atoms with van der Waals surface area (Å²) in [5, 5.41) is 17.1. The van der Waals surface area contributed by atoms with E-state index in [2.05, 4.69) is 27.7 Å². The van der Waals surface area contributed by atoms with Gasteiger partial charge in [-0.05, 0) is 72.2 Å². The van der Waals surface area contributed by atoms with Gasteiger partial charge in [0.25, 0.3) is 0 Å². The van der Waals surface area contributed by atoms with E-state index in [1.165, 1.54) is 62.8 Å². The molecule has 0 aliphatic heterocycles. The van der Waals surface area contributed by atoms with E-state index < -0.39 is 35.8 Å². The fourth-order valence-electron chi connectivity index (χ4n) is 6.99. The predicted molar refractivity (Wildman–Crippen MR) is 270 cm³/mol. The Morgan fingerprint density at radius 3 is 0.900 bits per heavy atom. The molecule has 0 fully saturated rings. The van der Waals surface area contributed by atoms with E-state index in [-0.39, 0.29) is 46.6 Å². The van der Waals surface area contributed by atoms with Gasteiger partial charge in [0.15, 0.2) is 0 Å². The minimum atomic E-state index is -1.23. The second-order valence-electron chi connectivity index (χ2n) is 17.5. The number of ether oxygens (including phenoxy) is 4. The lowest BCUT2D eigenvalue weighted by Gasteiger charge is -2.10. The molecule has 0 amide bonds. The van der Waals surface area contributed by atoms with Crippen LogP contribution in [0.4, 0.5) is 0 Å². The topological polar surface area (TPSA) is 180 Å². The summed E-state index contributed by atoms with van der Waals surface area (Å²) in [6.07, 6.45) is 13.6. The van der Waals surface area contributed by atoms with E-state index in [1.54, 1.807) is 48.5 Å². The van der Waals surface area contributed by atoms with E-state index in [1.807, 2.05) is 60.7 Å². The number of hydrogen-bond acceptors (Lipinski definition) is 10. The molecule has 0 radical (unpaired) electrons. The first-order chi connectivity index (χ1) is 33.8. The van der Waals surface area contributed by atoms with Gasteiger partial charge in [-0.2, -0.15) is 0 Å². The van der Waals surface area contributed by atoms with Crippen molar-refractivity contribution in [1.82, 2.24) is 0 Å². The zero-order valence-corrected chi connectivity index (χ0v) is 41.1. The van der Waals surface area contributed by atoms with Gasteiger partial charge >= 0.3 is 35.8 Å². The first-order valence-electron chi connectivity index (χ1n) is 24.3. The van der Waals surface area contributed by atoms with Crippen molar-refractivity contribution in [2.24, 2.45) is 11.8 Å². The summed E-state index contributed by atoms with van der Waals surface area (Å²) < 4.78 is 21.5. The molecule has 0 heterocycles. The first-order valence-corrected chi connectivity index (χ1v) is 24.3. The highest BCUT2D eigenvalue weighted by molar-refractivity contribution is 6.04. The molecule has 0 unspecified atom stereocenters. The maximum absolute atomic E-state index is 12.4. The zero-order valence-electron chi connectivity index (χ0n) is 41.1. The quantitative estimate of drug-likeness (QED) is 0.0305. The third-order valence-electron chi connectivity index (χ3n) is 10.9. The second kappa shape index (κ2) is 33.4. The highest BCUT2D eigenvalue weighted by Crippen LogP contribution is 2.17. The van der Waals surface area contributed by atoms with Crippen molar-refractivity contribution in [3.8, 4) is 0 Å². The molecular formula is C58H70O12. The molecule has 0 aliphatic carbocycles. The Morgan fingerprint density at radius 2 is 0.600 bits per heavy atom. The van der Waals surface area contributed by atoms with Gasteiger partial charge in [-0.25, -0.2) is 28.8 Å². The monoisotopic (exact) mass is 958 g/mol. The molecule has 70 heavy (non-hydrogen) atoms. The van der Waals surface area contributed by atoms with Crippen molar-refractivity contribution in [2.75, 3.05) is 13.2 Å². The van der Waals surface area contributed by atoms with Gasteiger partial charge in [0.1, 0.15) is 13.2 Å². The van der Waals surface area contributed by atoms with Crippen molar-refractivity contribution in [3.05, 3.63) is 178 Å². The van der Waals surface area contributed by atoms with Crippen molar-refractivity contribution in [1.29, 1.82) is 0 Å². The van der Waals surface area contributed by atoms with E-state index in [9.17, 15) is 28.8 Å². The van der Waals surface area contributed by atoms with E-state index >= 15 is 0 Å². The van der Waals surface area contributed by atoms with Gasteiger partial charge in [-0.15, -0.1) is 0 Å². The van der Waals surface area contributed by atoms with Gasteiger partial charge in [0.05, 0.1) is 46.6 Å². The van der Waals surface area contributed by atoms with Gasteiger partial charge in [-0.1, -0.05) is 189 Å². The maximum Gasteiger partial charge on any atom is 0.339 e. The summed E-state index contributed by atoms with van der Waals surface area (Å²) in [5.74, 6) is -2.93. The number of aromatic carboxylic acids is 2. The lowest BCUT2D eigenvalue weighted by Crippen LogP contribution is -2.14. The van der Waals surface area contributed by atoms with Crippen molar-refractivity contribution in [2.45, 2.75) is 118 Å². The van der Waals surface area contributed by atoms with Crippen molar-refractivity contribution < 1.29 is 57.9 Å². The molecule has 0 saturated carbocycles. The fourth-order valence-corrected chi connectivity index (χ4v) is 6.99. The molecule has 0 spiro atoms. The number of unbranched alkanes of at least 4 members (excludes halogenated alkanes) is 8. The number of carboxylic acids is 2. The third kappa shape index (κ3) is 22.8. The molecule has 0 saturated heterocycles. The summed E-state index contributed by atoms with van der Waals surface area (Å²) in [4.78, 5) is 70.7. The summed E-state index contributed by atoms with van der Waals surface area (Å²) >= 11 is 0. The highest BCUT2D eigenvalue weighted by atomic mass is 16.5. The molecule has 2 N–H and O–H groups in total.